The first-order valence-electron chi connectivity index (χ1n) is 11.4. The highest BCUT2D eigenvalue weighted by Crippen LogP contribution is 2.27. The van der Waals surface area contributed by atoms with Crippen molar-refractivity contribution >= 4 is 34.2 Å². The first kappa shape index (κ1) is 23.3. The predicted molar refractivity (Wildman–Crippen MR) is 129 cm³/mol. The number of aromatic nitrogens is 2. The van der Waals surface area contributed by atoms with Crippen LogP contribution in [0, 0.1) is 5.92 Å². The molecule has 2 aromatic carbocycles. The highest BCUT2D eigenvalue weighted by molar-refractivity contribution is 5.93. The number of nitrogens with zero attached hydrogens (tertiary/aromatic N) is 3. The number of esters is 1. The zero-order chi connectivity index (χ0) is 24.1. The van der Waals surface area contributed by atoms with E-state index in [-0.39, 0.29) is 29.9 Å². The van der Waals surface area contributed by atoms with Gasteiger partial charge in [0, 0.05) is 24.2 Å². The number of benzene rings is 2. The molecule has 178 valence electrons. The van der Waals surface area contributed by atoms with Crippen LogP contribution in [0.15, 0.2) is 53.3 Å². The van der Waals surface area contributed by atoms with Crippen molar-refractivity contribution in [1.82, 2.24) is 9.78 Å². The Kier molecular flexibility index (Phi) is 7.10. The Bertz CT molecular complexity index is 1240. The third-order valence-electron chi connectivity index (χ3n) is 5.86. The van der Waals surface area contributed by atoms with E-state index in [1.807, 2.05) is 17.0 Å². The van der Waals surface area contributed by atoms with Gasteiger partial charge in [-0.2, -0.15) is 5.10 Å². The molecule has 4 rings (SSSR count). The summed E-state index contributed by atoms with van der Waals surface area (Å²) >= 11 is 0. The molecule has 0 radical (unpaired) electrons. The van der Waals surface area contributed by atoms with E-state index in [4.69, 9.17) is 9.47 Å². The van der Waals surface area contributed by atoms with Crippen LogP contribution >= 0.6 is 0 Å². The van der Waals surface area contributed by atoms with Crippen molar-refractivity contribution < 1.29 is 19.1 Å². The largest absolute Gasteiger partial charge is 0.497 e. The van der Waals surface area contributed by atoms with Crippen LogP contribution < -0.4 is 20.5 Å². The van der Waals surface area contributed by atoms with Gasteiger partial charge in [-0.15, -0.1) is 0 Å². The van der Waals surface area contributed by atoms with Crippen LogP contribution in [-0.4, -0.2) is 48.5 Å². The molecule has 0 aliphatic carbocycles. The first-order valence-corrected chi connectivity index (χ1v) is 11.4. The van der Waals surface area contributed by atoms with Crippen LogP contribution in [0.25, 0.3) is 10.8 Å². The summed E-state index contributed by atoms with van der Waals surface area (Å²) < 4.78 is 11.5. The highest BCUT2D eigenvalue weighted by Gasteiger charge is 2.29. The molecular formula is C25H28N4O5. The maximum Gasteiger partial charge on any atom is 0.310 e. The van der Waals surface area contributed by atoms with E-state index in [0.717, 1.165) is 12.8 Å². The molecule has 1 N–H and O–H groups in total. The number of carbonyl (C=O) groups excluding carboxylic acids is 2. The number of ether oxygens (including phenoxy) is 2. The van der Waals surface area contributed by atoms with Gasteiger partial charge in [-0.25, -0.2) is 4.68 Å². The monoisotopic (exact) mass is 464 g/mol. The number of fused-ring (bicyclic) bond motifs is 1. The summed E-state index contributed by atoms with van der Waals surface area (Å²) in [6.45, 7) is 3.04. The molecular weight excluding hydrogens is 436 g/mol. The standard InChI is InChI=1S/C25H28N4O5/c1-3-34-25(32)17-7-6-14-28(15-17)23-20-8-4-5-9-21(20)24(31)29(27-23)16-22(30)26-18-10-12-19(33-2)13-11-18/h4-5,8-13,17H,3,6-7,14-16H2,1-2H3,(H,26,30). The Morgan fingerprint density at radius 3 is 2.56 bits per heavy atom. The lowest BCUT2D eigenvalue weighted by atomic mass is 9.98. The van der Waals surface area contributed by atoms with Crippen molar-refractivity contribution in [3.05, 3.63) is 58.9 Å². The maximum atomic E-state index is 13.1. The molecule has 1 aromatic heterocycles. The van der Waals surface area contributed by atoms with Gasteiger partial charge in [-0.05, 0) is 50.1 Å². The molecule has 1 unspecified atom stereocenters. The molecule has 1 atom stereocenters. The topological polar surface area (TPSA) is 103 Å². The third-order valence-corrected chi connectivity index (χ3v) is 5.86. The summed E-state index contributed by atoms with van der Waals surface area (Å²) in [4.78, 5) is 40.2. The van der Waals surface area contributed by atoms with E-state index in [1.54, 1.807) is 50.4 Å². The normalized spacial score (nSPS) is 15.7. The van der Waals surface area contributed by atoms with Crippen molar-refractivity contribution in [3.8, 4) is 5.75 Å². The molecule has 0 saturated carbocycles. The van der Waals surface area contributed by atoms with Crippen molar-refractivity contribution in [2.24, 2.45) is 5.92 Å². The Morgan fingerprint density at radius 1 is 1.12 bits per heavy atom. The Balaban J connectivity index is 1.62. The Labute approximate surface area is 197 Å². The molecule has 1 fully saturated rings. The lowest BCUT2D eigenvalue weighted by Gasteiger charge is -2.33. The van der Waals surface area contributed by atoms with Crippen LogP contribution in [0.5, 0.6) is 5.75 Å². The number of amides is 1. The molecule has 1 aliphatic heterocycles. The average Bonchev–Trinajstić information content (AvgIpc) is 2.86. The predicted octanol–water partition coefficient (Wildman–Crippen LogP) is 2.82. The molecule has 0 spiro atoms. The van der Waals surface area contributed by atoms with Crippen LogP contribution in [0.1, 0.15) is 19.8 Å². The zero-order valence-corrected chi connectivity index (χ0v) is 19.3. The summed E-state index contributed by atoms with van der Waals surface area (Å²) in [5.41, 5.74) is 0.247. The Morgan fingerprint density at radius 2 is 1.85 bits per heavy atom. The van der Waals surface area contributed by atoms with Gasteiger partial charge in [-0.3, -0.25) is 14.4 Å². The van der Waals surface area contributed by atoms with Gasteiger partial charge >= 0.3 is 5.97 Å². The van der Waals surface area contributed by atoms with Crippen molar-refractivity contribution in [2.45, 2.75) is 26.3 Å². The minimum atomic E-state index is -0.371. The lowest BCUT2D eigenvalue weighted by Crippen LogP contribution is -2.41. The maximum absolute atomic E-state index is 13.1. The number of hydrogen-bond acceptors (Lipinski definition) is 7. The summed E-state index contributed by atoms with van der Waals surface area (Å²) in [5, 5.41) is 8.53. The number of methoxy groups -OCH3 is 1. The second-order valence-corrected chi connectivity index (χ2v) is 8.15. The quantitative estimate of drug-likeness (QED) is 0.537. The minimum absolute atomic E-state index is 0.219. The summed E-state index contributed by atoms with van der Waals surface area (Å²) in [6.07, 6.45) is 1.55. The van der Waals surface area contributed by atoms with Crippen molar-refractivity contribution in [3.63, 3.8) is 0 Å². The van der Waals surface area contributed by atoms with E-state index in [2.05, 4.69) is 10.4 Å². The Hall–Kier alpha value is -3.88. The van der Waals surface area contributed by atoms with Gasteiger partial charge in [-0.1, -0.05) is 18.2 Å². The van der Waals surface area contributed by atoms with Crippen molar-refractivity contribution in [2.75, 3.05) is 37.0 Å². The van der Waals surface area contributed by atoms with Crippen molar-refractivity contribution in [1.29, 1.82) is 0 Å². The van der Waals surface area contributed by atoms with Crippen LogP contribution in [0.4, 0.5) is 11.5 Å². The number of piperidine rings is 1. The second kappa shape index (κ2) is 10.4. The smallest absolute Gasteiger partial charge is 0.310 e. The van der Waals surface area contributed by atoms with E-state index in [1.165, 1.54) is 4.68 Å². The second-order valence-electron chi connectivity index (χ2n) is 8.15. The van der Waals surface area contributed by atoms with Gasteiger partial charge in [0.05, 0.1) is 25.0 Å². The minimum Gasteiger partial charge on any atom is -0.497 e. The SMILES string of the molecule is CCOC(=O)C1CCCN(c2nn(CC(=O)Nc3ccc(OC)cc3)c(=O)c3ccccc23)C1. The number of carbonyl (C=O) groups is 2. The fourth-order valence-corrected chi connectivity index (χ4v) is 4.19. The fourth-order valence-electron chi connectivity index (χ4n) is 4.19. The van der Waals surface area contributed by atoms with Gasteiger partial charge in [0.2, 0.25) is 5.91 Å². The number of hydrogen-bond donors (Lipinski definition) is 1. The molecule has 2 heterocycles. The number of anilines is 2. The lowest BCUT2D eigenvalue weighted by molar-refractivity contribution is -0.148. The molecule has 1 aliphatic rings. The highest BCUT2D eigenvalue weighted by atomic mass is 16.5. The first-order chi connectivity index (χ1) is 16.5. The van der Waals surface area contributed by atoms with Crippen LogP contribution in [-0.2, 0) is 20.9 Å². The summed E-state index contributed by atoms with van der Waals surface area (Å²) in [5.74, 6) is 0.417. The van der Waals surface area contributed by atoms with Gasteiger partial charge in [0.1, 0.15) is 12.3 Å². The molecule has 9 heteroatoms. The number of nitrogens with one attached hydrogen (secondary N) is 1. The summed E-state index contributed by atoms with van der Waals surface area (Å²) in [6, 6.07) is 14.1. The summed E-state index contributed by atoms with van der Waals surface area (Å²) in [7, 11) is 1.57. The zero-order valence-electron chi connectivity index (χ0n) is 19.3. The van der Waals surface area contributed by atoms with Crippen LogP contribution in [0.2, 0.25) is 0 Å². The van der Waals surface area contributed by atoms with Gasteiger partial charge in [0.15, 0.2) is 5.82 Å². The van der Waals surface area contributed by atoms with E-state index in [0.29, 0.717) is 47.7 Å². The molecule has 1 saturated heterocycles. The third kappa shape index (κ3) is 5.03. The molecule has 34 heavy (non-hydrogen) atoms. The van der Waals surface area contributed by atoms with E-state index in [9.17, 15) is 14.4 Å². The number of rotatable bonds is 7. The van der Waals surface area contributed by atoms with Crippen LogP contribution in [0.3, 0.4) is 0 Å². The van der Waals surface area contributed by atoms with E-state index < -0.39 is 0 Å². The van der Waals surface area contributed by atoms with Gasteiger partial charge in [0.25, 0.3) is 5.56 Å². The van der Waals surface area contributed by atoms with Gasteiger partial charge < -0.3 is 19.7 Å². The average molecular weight is 465 g/mol. The molecule has 0 bridgehead atoms. The molecule has 9 nitrogen and oxygen atoms in total. The van der Waals surface area contributed by atoms with E-state index >= 15 is 0 Å². The molecule has 3 aromatic rings. The molecule has 1 amide bonds. The fraction of sp³-hybridized carbons (Fsp3) is 0.360.